The number of H-pyrrole nitrogens is 1. The van der Waals surface area contributed by atoms with Gasteiger partial charge in [-0.3, -0.25) is 0 Å². The van der Waals surface area contributed by atoms with E-state index < -0.39 is 6.17 Å². The van der Waals surface area contributed by atoms with Gasteiger partial charge in [0.1, 0.15) is 6.07 Å². The summed E-state index contributed by atoms with van der Waals surface area (Å²) in [6, 6.07) is 8.10. The largest absolute Gasteiger partial charge is 0.382 e. The van der Waals surface area contributed by atoms with Crippen LogP contribution in [-0.2, 0) is 6.42 Å². The Hall–Kier alpha value is -2.19. The van der Waals surface area contributed by atoms with E-state index in [0.717, 1.165) is 27.1 Å². The van der Waals surface area contributed by atoms with Gasteiger partial charge in [0, 0.05) is 47.4 Å². The smallest absolute Gasteiger partial charge is 0.101 e. The number of alkyl halides is 1. The third kappa shape index (κ3) is 4.21. The Kier molecular flexibility index (Phi) is 5.74. The first-order valence-electron chi connectivity index (χ1n) is 7.78. The molecular weight excluding hydrogens is 321 g/mol. The van der Waals surface area contributed by atoms with Crippen molar-refractivity contribution in [3.05, 3.63) is 47.8 Å². The van der Waals surface area contributed by atoms with Crippen LogP contribution in [0.1, 0.15) is 24.6 Å². The lowest BCUT2D eigenvalue weighted by Crippen LogP contribution is -2.03. The van der Waals surface area contributed by atoms with Gasteiger partial charge in [-0.15, -0.1) is 12.6 Å². The molecule has 3 nitrogen and oxygen atoms in total. The Morgan fingerprint density at radius 3 is 2.75 bits per heavy atom. The number of nitrogens with zero attached hydrogens (tertiary/aromatic N) is 2. The number of nitriles is 1. The minimum Gasteiger partial charge on any atom is -0.382 e. The number of nitrogens with one attached hydrogen (secondary N) is 1. The van der Waals surface area contributed by atoms with E-state index in [-0.39, 0.29) is 0 Å². The van der Waals surface area contributed by atoms with Crippen LogP contribution in [0.2, 0.25) is 0 Å². The number of benzene rings is 1. The Bertz CT molecular complexity index is 825. The summed E-state index contributed by atoms with van der Waals surface area (Å²) in [7, 11) is 3.72. The van der Waals surface area contributed by atoms with Gasteiger partial charge in [-0.1, -0.05) is 6.58 Å². The second-order valence-corrected chi connectivity index (χ2v) is 6.65. The van der Waals surface area contributed by atoms with Gasteiger partial charge in [-0.25, -0.2) is 4.39 Å². The van der Waals surface area contributed by atoms with Gasteiger partial charge in [-0.2, -0.15) is 5.26 Å². The SMILES string of the molecule is C=C(/C(C#N)=C/N(C)C)c1cc2cc(CCC(C)F)c(S)cc2[nH]1. The van der Waals surface area contributed by atoms with Crippen molar-refractivity contribution in [2.24, 2.45) is 0 Å². The Balaban J connectivity index is 2.38. The number of hydrogen-bond acceptors (Lipinski definition) is 3. The zero-order valence-corrected chi connectivity index (χ0v) is 15.1. The van der Waals surface area contributed by atoms with E-state index in [1.807, 2.05) is 37.2 Å². The highest BCUT2D eigenvalue weighted by molar-refractivity contribution is 7.80. The zero-order valence-electron chi connectivity index (χ0n) is 14.2. The average molecular weight is 343 g/mol. The van der Waals surface area contributed by atoms with Gasteiger partial charge < -0.3 is 9.88 Å². The summed E-state index contributed by atoms with van der Waals surface area (Å²) in [4.78, 5) is 5.94. The predicted molar refractivity (Wildman–Crippen MR) is 101 cm³/mol. The number of rotatable bonds is 6. The van der Waals surface area contributed by atoms with Crippen LogP contribution in [0.15, 0.2) is 41.4 Å². The number of aryl methyl sites for hydroxylation is 1. The van der Waals surface area contributed by atoms with Crippen LogP contribution < -0.4 is 0 Å². The fourth-order valence-corrected chi connectivity index (χ4v) is 2.82. The van der Waals surface area contributed by atoms with Crippen LogP contribution in [0.4, 0.5) is 4.39 Å². The maximum Gasteiger partial charge on any atom is 0.101 e. The molecule has 0 aliphatic rings. The fraction of sp³-hybridized carbons (Fsp3) is 0.316. The number of allylic oxidation sites excluding steroid dienone is 2. The van der Waals surface area contributed by atoms with Crippen molar-refractivity contribution in [3.63, 3.8) is 0 Å². The Labute approximate surface area is 147 Å². The maximum absolute atomic E-state index is 13.1. The Morgan fingerprint density at radius 1 is 1.46 bits per heavy atom. The molecule has 0 amide bonds. The molecule has 24 heavy (non-hydrogen) atoms. The van der Waals surface area contributed by atoms with Crippen LogP contribution >= 0.6 is 12.6 Å². The van der Waals surface area contributed by atoms with Crippen LogP contribution in [-0.4, -0.2) is 30.2 Å². The molecule has 0 radical (unpaired) electrons. The van der Waals surface area contributed by atoms with E-state index in [1.165, 1.54) is 0 Å². The van der Waals surface area contributed by atoms with Crippen LogP contribution in [0, 0.1) is 11.3 Å². The lowest BCUT2D eigenvalue weighted by molar-refractivity contribution is 0.341. The van der Waals surface area contributed by atoms with Crippen molar-refractivity contribution < 1.29 is 4.39 Å². The van der Waals surface area contributed by atoms with Crippen LogP contribution in [0.5, 0.6) is 0 Å². The highest BCUT2D eigenvalue weighted by Crippen LogP contribution is 2.29. The molecule has 1 unspecified atom stereocenters. The summed E-state index contributed by atoms with van der Waals surface area (Å²) in [6.07, 6.45) is 2.04. The molecule has 0 saturated carbocycles. The lowest BCUT2D eigenvalue weighted by Gasteiger charge is -2.07. The summed E-state index contributed by atoms with van der Waals surface area (Å²) in [5.74, 6) is 0. The molecular formula is C19H22FN3S. The number of aromatic nitrogens is 1. The molecule has 1 heterocycles. The molecule has 2 aromatic rings. The number of halogens is 1. The molecule has 0 saturated heterocycles. The maximum atomic E-state index is 13.1. The quantitative estimate of drug-likeness (QED) is 0.452. The van der Waals surface area contributed by atoms with Crippen molar-refractivity contribution in [2.75, 3.05) is 14.1 Å². The van der Waals surface area contributed by atoms with Crippen molar-refractivity contribution in [2.45, 2.75) is 30.8 Å². The number of fused-ring (bicyclic) bond motifs is 1. The molecule has 0 aliphatic carbocycles. The van der Waals surface area contributed by atoms with Gasteiger partial charge in [0.25, 0.3) is 0 Å². The number of aromatic amines is 1. The summed E-state index contributed by atoms with van der Waals surface area (Å²) < 4.78 is 13.1. The van der Waals surface area contributed by atoms with Crippen LogP contribution in [0.3, 0.4) is 0 Å². The summed E-state index contributed by atoms with van der Waals surface area (Å²) in [5.41, 5.74) is 3.89. The van der Waals surface area contributed by atoms with E-state index in [4.69, 9.17) is 0 Å². The molecule has 0 fully saturated rings. The minimum absolute atomic E-state index is 0.479. The van der Waals surface area contributed by atoms with E-state index in [1.54, 1.807) is 13.1 Å². The summed E-state index contributed by atoms with van der Waals surface area (Å²) in [5, 5.41) is 10.3. The average Bonchev–Trinajstić information content (AvgIpc) is 2.91. The van der Waals surface area contributed by atoms with Crippen molar-refractivity contribution in [1.82, 2.24) is 9.88 Å². The second kappa shape index (κ2) is 7.59. The summed E-state index contributed by atoms with van der Waals surface area (Å²) in [6.45, 7) is 5.60. The molecule has 1 aromatic heterocycles. The molecule has 2 rings (SSSR count). The minimum atomic E-state index is -0.829. The van der Waals surface area contributed by atoms with E-state index in [2.05, 4.69) is 30.3 Å². The van der Waals surface area contributed by atoms with E-state index >= 15 is 0 Å². The van der Waals surface area contributed by atoms with Crippen molar-refractivity contribution >= 4 is 29.1 Å². The van der Waals surface area contributed by atoms with Gasteiger partial charge in [-0.05, 0) is 43.5 Å². The Morgan fingerprint density at radius 2 is 2.17 bits per heavy atom. The van der Waals surface area contributed by atoms with E-state index in [0.29, 0.717) is 24.0 Å². The molecule has 1 aromatic carbocycles. The molecule has 1 atom stereocenters. The zero-order chi connectivity index (χ0) is 17.9. The van der Waals surface area contributed by atoms with Crippen LogP contribution in [0.25, 0.3) is 16.5 Å². The normalized spacial score (nSPS) is 12.9. The monoisotopic (exact) mass is 343 g/mol. The van der Waals surface area contributed by atoms with Gasteiger partial charge in [0.05, 0.1) is 11.7 Å². The molecule has 0 bridgehead atoms. The predicted octanol–water partition coefficient (Wildman–Crippen LogP) is 4.73. The van der Waals surface area contributed by atoms with E-state index in [9.17, 15) is 9.65 Å². The molecule has 5 heteroatoms. The molecule has 0 spiro atoms. The highest BCUT2D eigenvalue weighted by Gasteiger charge is 2.11. The molecule has 1 N–H and O–H groups in total. The standard InChI is InChI=1S/C19H22FN3S/c1-12(20)5-6-14-7-15-8-17(22-18(15)9-19(14)24)13(2)16(10-21)11-23(3)4/h7-9,11-12,22,24H,2,5-6H2,1,3-4H3/b16-11+. The van der Waals surface area contributed by atoms with Gasteiger partial charge >= 0.3 is 0 Å². The van der Waals surface area contributed by atoms with Crippen molar-refractivity contribution in [3.8, 4) is 6.07 Å². The lowest BCUT2D eigenvalue weighted by atomic mass is 10.0. The third-order valence-electron chi connectivity index (χ3n) is 3.79. The first kappa shape index (κ1) is 18.2. The first-order chi connectivity index (χ1) is 11.3. The topological polar surface area (TPSA) is 42.8 Å². The van der Waals surface area contributed by atoms with Gasteiger partial charge in [0.15, 0.2) is 0 Å². The first-order valence-corrected chi connectivity index (χ1v) is 8.23. The molecule has 126 valence electrons. The second-order valence-electron chi connectivity index (χ2n) is 6.17. The third-order valence-corrected chi connectivity index (χ3v) is 4.21. The van der Waals surface area contributed by atoms with Gasteiger partial charge in [0.2, 0.25) is 0 Å². The number of thiol groups is 1. The fourth-order valence-electron chi connectivity index (χ4n) is 2.51. The van der Waals surface area contributed by atoms with Crippen molar-refractivity contribution in [1.29, 1.82) is 5.26 Å². The number of hydrogen-bond donors (Lipinski definition) is 2. The summed E-state index contributed by atoms with van der Waals surface area (Å²) >= 11 is 4.51. The molecule has 0 aliphatic heterocycles. The highest BCUT2D eigenvalue weighted by atomic mass is 32.1.